The van der Waals surface area contributed by atoms with E-state index in [2.05, 4.69) is 5.32 Å². The number of rotatable bonds is 8. The number of sulfonamides is 1. The van der Waals surface area contributed by atoms with Crippen molar-refractivity contribution in [2.75, 3.05) is 20.1 Å². The summed E-state index contributed by atoms with van der Waals surface area (Å²) in [4.78, 5) is 0. The average Bonchev–Trinajstić information content (AvgIpc) is 2.60. The molecule has 1 aliphatic rings. The molecular formula is C19H32ClFN2O3S. The molecule has 156 valence electrons. The van der Waals surface area contributed by atoms with Gasteiger partial charge in [-0.3, -0.25) is 0 Å². The fourth-order valence-electron chi connectivity index (χ4n) is 3.52. The van der Waals surface area contributed by atoms with Gasteiger partial charge >= 0.3 is 0 Å². The summed E-state index contributed by atoms with van der Waals surface area (Å²) in [6.07, 6.45) is 3.67. The van der Waals surface area contributed by atoms with Crippen molar-refractivity contribution in [2.24, 2.45) is 0 Å². The number of nitrogens with zero attached hydrogens (tertiary/aromatic N) is 1. The van der Waals surface area contributed by atoms with Crippen molar-refractivity contribution in [2.45, 2.75) is 62.8 Å². The zero-order valence-electron chi connectivity index (χ0n) is 16.3. The molecule has 0 radical (unpaired) electrons. The van der Waals surface area contributed by atoms with Crippen LogP contribution in [0, 0.1) is 5.82 Å². The zero-order chi connectivity index (χ0) is 19.4. The first-order valence-corrected chi connectivity index (χ1v) is 10.8. The van der Waals surface area contributed by atoms with Crippen LogP contribution in [0.15, 0.2) is 24.3 Å². The van der Waals surface area contributed by atoms with Crippen LogP contribution in [0.2, 0.25) is 0 Å². The molecule has 1 aromatic rings. The van der Waals surface area contributed by atoms with E-state index >= 15 is 0 Å². The Morgan fingerprint density at radius 1 is 1.30 bits per heavy atom. The van der Waals surface area contributed by atoms with E-state index in [9.17, 15) is 17.9 Å². The van der Waals surface area contributed by atoms with Crippen LogP contribution in [-0.2, 0) is 10.0 Å². The molecule has 5 nitrogen and oxygen atoms in total. The van der Waals surface area contributed by atoms with Gasteiger partial charge in [-0.15, -0.1) is 12.4 Å². The third-order valence-electron chi connectivity index (χ3n) is 5.03. The van der Waals surface area contributed by atoms with Gasteiger partial charge in [-0.25, -0.2) is 17.1 Å². The molecule has 0 bridgehead atoms. The van der Waals surface area contributed by atoms with E-state index in [0.29, 0.717) is 12.1 Å². The summed E-state index contributed by atoms with van der Waals surface area (Å²) in [6, 6.07) is 5.86. The first-order chi connectivity index (χ1) is 12.1. The Labute approximate surface area is 168 Å². The van der Waals surface area contributed by atoms with E-state index in [-0.39, 0.29) is 30.0 Å². The van der Waals surface area contributed by atoms with Crippen LogP contribution in [0.4, 0.5) is 4.39 Å². The van der Waals surface area contributed by atoms with Crippen molar-refractivity contribution in [3.8, 4) is 0 Å². The molecular weight excluding hydrogens is 391 g/mol. The van der Waals surface area contributed by atoms with Crippen molar-refractivity contribution in [1.29, 1.82) is 0 Å². The Balaban J connectivity index is 0.00000364. The Bertz CT molecular complexity index is 694. The first-order valence-electron chi connectivity index (χ1n) is 9.25. The fourth-order valence-corrected chi connectivity index (χ4v) is 5.47. The molecule has 1 aromatic carbocycles. The SMILES string of the molecule is CN(CC(C)(C)NC[C@H](O)c1cccc(F)c1)S(=O)(=O)C1CCCCC1.Cl. The third kappa shape index (κ3) is 6.98. The molecule has 0 heterocycles. The van der Waals surface area contributed by atoms with Crippen LogP contribution in [0.25, 0.3) is 0 Å². The van der Waals surface area contributed by atoms with Crippen molar-refractivity contribution < 1.29 is 17.9 Å². The van der Waals surface area contributed by atoms with E-state index in [1.807, 2.05) is 13.8 Å². The second kappa shape index (κ2) is 10.2. The number of halogens is 2. The molecule has 0 unspecified atom stereocenters. The van der Waals surface area contributed by atoms with Crippen LogP contribution < -0.4 is 5.32 Å². The van der Waals surface area contributed by atoms with Gasteiger partial charge < -0.3 is 10.4 Å². The number of nitrogens with one attached hydrogen (secondary N) is 1. The predicted molar refractivity (Wildman–Crippen MR) is 109 cm³/mol. The van der Waals surface area contributed by atoms with Crippen LogP contribution in [0.5, 0.6) is 0 Å². The Kier molecular flexibility index (Phi) is 9.15. The lowest BCUT2D eigenvalue weighted by Gasteiger charge is -2.34. The lowest BCUT2D eigenvalue weighted by molar-refractivity contribution is 0.156. The van der Waals surface area contributed by atoms with E-state index in [1.54, 1.807) is 19.2 Å². The minimum Gasteiger partial charge on any atom is -0.387 e. The molecule has 0 spiro atoms. The Morgan fingerprint density at radius 2 is 1.93 bits per heavy atom. The second-order valence-corrected chi connectivity index (χ2v) is 10.2. The average molecular weight is 423 g/mol. The quantitative estimate of drug-likeness (QED) is 0.674. The molecule has 8 heteroatoms. The van der Waals surface area contributed by atoms with Gasteiger partial charge in [0.2, 0.25) is 10.0 Å². The number of β-amino-alcohol motifs (C(OH)–C–C–N with tert-alkyl or cyclic N) is 1. The highest BCUT2D eigenvalue weighted by molar-refractivity contribution is 7.89. The lowest BCUT2D eigenvalue weighted by Crippen LogP contribution is -2.52. The number of aliphatic hydroxyl groups is 1. The molecule has 0 aromatic heterocycles. The van der Waals surface area contributed by atoms with E-state index in [1.165, 1.54) is 16.4 Å². The molecule has 0 aliphatic heterocycles. The first kappa shape index (κ1) is 24.3. The number of aliphatic hydroxyl groups excluding tert-OH is 1. The van der Waals surface area contributed by atoms with Gasteiger partial charge in [0.1, 0.15) is 5.82 Å². The summed E-state index contributed by atoms with van der Waals surface area (Å²) in [5.74, 6) is -0.390. The van der Waals surface area contributed by atoms with Gasteiger partial charge in [0.25, 0.3) is 0 Å². The number of likely N-dealkylation sites (N-methyl/N-ethyl adjacent to an activating group) is 1. The predicted octanol–water partition coefficient (Wildman–Crippen LogP) is 3.24. The van der Waals surface area contributed by atoms with E-state index < -0.39 is 21.7 Å². The highest BCUT2D eigenvalue weighted by atomic mass is 35.5. The molecule has 1 fully saturated rings. The van der Waals surface area contributed by atoms with Crippen molar-refractivity contribution in [3.63, 3.8) is 0 Å². The molecule has 1 saturated carbocycles. The number of benzene rings is 1. The van der Waals surface area contributed by atoms with Crippen molar-refractivity contribution in [1.82, 2.24) is 9.62 Å². The maximum atomic E-state index is 13.3. The summed E-state index contributed by atoms with van der Waals surface area (Å²) in [6.45, 7) is 4.33. The third-order valence-corrected chi connectivity index (χ3v) is 7.35. The molecule has 0 saturated heterocycles. The topological polar surface area (TPSA) is 69.6 Å². The Hall–Kier alpha value is -0.730. The Morgan fingerprint density at radius 3 is 2.52 bits per heavy atom. The van der Waals surface area contributed by atoms with Crippen LogP contribution in [-0.4, -0.2) is 48.8 Å². The maximum Gasteiger partial charge on any atom is 0.216 e. The van der Waals surface area contributed by atoms with Gasteiger partial charge in [0.05, 0.1) is 11.4 Å². The molecule has 1 atom stereocenters. The summed E-state index contributed by atoms with van der Waals surface area (Å²) in [5, 5.41) is 13.2. The maximum absolute atomic E-state index is 13.3. The molecule has 2 N–H and O–H groups in total. The summed E-state index contributed by atoms with van der Waals surface area (Å²) >= 11 is 0. The molecule has 1 aliphatic carbocycles. The van der Waals surface area contributed by atoms with Gasteiger partial charge in [0.15, 0.2) is 0 Å². The molecule has 27 heavy (non-hydrogen) atoms. The number of hydrogen-bond acceptors (Lipinski definition) is 4. The normalized spacial score (nSPS) is 17.6. The van der Waals surface area contributed by atoms with Gasteiger partial charge in [0, 0.05) is 25.7 Å². The van der Waals surface area contributed by atoms with E-state index in [4.69, 9.17) is 0 Å². The smallest absolute Gasteiger partial charge is 0.216 e. The molecule has 0 amide bonds. The zero-order valence-corrected chi connectivity index (χ0v) is 18.0. The number of hydrogen-bond donors (Lipinski definition) is 2. The van der Waals surface area contributed by atoms with Crippen LogP contribution >= 0.6 is 12.4 Å². The fraction of sp³-hybridized carbons (Fsp3) is 0.684. The monoisotopic (exact) mass is 422 g/mol. The minimum absolute atomic E-state index is 0. The molecule has 2 rings (SSSR count). The van der Waals surface area contributed by atoms with Gasteiger partial charge in [-0.1, -0.05) is 31.4 Å². The summed E-state index contributed by atoms with van der Waals surface area (Å²) in [7, 11) is -1.69. The lowest BCUT2D eigenvalue weighted by atomic mass is 10.0. The highest BCUT2D eigenvalue weighted by Gasteiger charge is 2.33. The minimum atomic E-state index is -3.31. The summed E-state index contributed by atoms with van der Waals surface area (Å²) in [5.41, 5.74) is -0.0263. The van der Waals surface area contributed by atoms with Crippen LogP contribution in [0.3, 0.4) is 0 Å². The van der Waals surface area contributed by atoms with Gasteiger partial charge in [-0.05, 0) is 44.4 Å². The van der Waals surface area contributed by atoms with Crippen LogP contribution in [0.1, 0.15) is 57.6 Å². The highest BCUT2D eigenvalue weighted by Crippen LogP contribution is 2.26. The van der Waals surface area contributed by atoms with Crippen molar-refractivity contribution >= 4 is 22.4 Å². The second-order valence-electron chi connectivity index (χ2n) is 7.90. The van der Waals surface area contributed by atoms with Gasteiger partial charge in [-0.2, -0.15) is 0 Å². The van der Waals surface area contributed by atoms with Crippen molar-refractivity contribution in [3.05, 3.63) is 35.6 Å². The van der Waals surface area contributed by atoms with E-state index in [0.717, 1.165) is 32.1 Å². The summed E-state index contributed by atoms with van der Waals surface area (Å²) < 4.78 is 40.2. The largest absolute Gasteiger partial charge is 0.387 e. The standard InChI is InChI=1S/C19H31FN2O3S.ClH/c1-19(2,21-13-18(23)15-8-7-9-16(20)12-15)14-22(3)26(24,25)17-10-5-4-6-11-17;/h7-9,12,17-18,21,23H,4-6,10-11,13-14H2,1-3H3;1H/t18-;/m0./s1.